The molecular formula is C11H17ClN2O. The maximum absolute atomic E-state index is 5.66. The number of nitrogens with zero attached hydrogens (tertiary/aromatic N) is 2. The van der Waals surface area contributed by atoms with Crippen molar-refractivity contribution < 1.29 is 4.74 Å². The standard InChI is InChI=1S/C11H17ClN2O/c1-8(2)11(3,4)7-15-9-5-6-13-10(12)14-9/h5-6,8H,7H2,1-4H3. The lowest BCUT2D eigenvalue weighted by Gasteiger charge is -2.28. The van der Waals surface area contributed by atoms with Gasteiger partial charge >= 0.3 is 0 Å². The second-order valence-electron chi connectivity index (χ2n) is 4.60. The van der Waals surface area contributed by atoms with Gasteiger partial charge in [-0.2, -0.15) is 4.98 Å². The van der Waals surface area contributed by atoms with Crippen LogP contribution in [-0.4, -0.2) is 16.6 Å². The van der Waals surface area contributed by atoms with Crippen molar-refractivity contribution in [1.29, 1.82) is 0 Å². The molecule has 4 heteroatoms. The fraction of sp³-hybridized carbons (Fsp3) is 0.636. The fourth-order valence-corrected chi connectivity index (χ4v) is 0.966. The lowest BCUT2D eigenvalue weighted by Crippen LogP contribution is -2.27. The molecule has 1 aromatic heterocycles. The summed E-state index contributed by atoms with van der Waals surface area (Å²) in [6.07, 6.45) is 1.59. The largest absolute Gasteiger partial charge is 0.477 e. The van der Waals surface area contributed by atoms with Crippen LogP contribution in [0.25, 0.3) is 0 Å². The molecule has 0 radical (unpaired) electrons. The average Bonchev–Trinajstić information content (AvgIpc) is 2.15. The van der Waals surface area contributed by atoms with Crippen molar-refractivity contribution in [2.45, 2.75) is 27.7 Å². The molecule has 0 fully saturated rings. The summed E-state index contributed by atoms with van der Waals surface area (Å²) in [6, 6.07) is 1.71. The molecule has 15 heavy (non-hydrogen) atoms. The predicted octanol–water partition coefficient (Wildman–Crippen LogP) is 3.19. The van der Waals surface area contributed by atoms with Crippen LogP contribution in [0.3, 0.4) is 0 Å². The molecule has 0 amide bonds. The Bertz CT molecular complexity index is 326. The third-order valence-corrected chi connectivity index (χ3v) is 2.94. The smallest absolute Gasteiger partial charge is 0.225 e. The van der Waals surface area contributed by atoms with E-state index in [9.17, 15) is 0 Å². The minimum Gasteiger partial charge on any atom is -0.477 e. The number of hydrogen-bond donors (Lipinski definition) is 0. The van der Waals surface area contributed by atoms with Gasteiger partial charge in [-0.05, 0) is 17.5 Å². The van der Waals surface area contributed by atoms with Crippen LogP contribution >= 0.6 is 11.6 Å². The Morgan fingerprint density at radius 3 is 2.67 bits per heavy atom. The van der Waals surface area contributed by atoms with Crippen molar-refractivity contribution in [2.75, 3.05) is 6.61 Å². The van der Waals surface area contributed by atoms with Crippen LogP contribution in [0.1, 0.15) is 27.7 Å². The molecule has 0 aliphatic carbocycles. The molecule has 1 aromatic rings. The molecule has 0 saturated carbocycles. The normalized spacial score (nSPS) is 11.9. The monoisotopic (exact) mass is 228 g/mol. The molecule has 0 saturated heterocycles. The molecule has 1 heterocycles. The number of aromatic nitrogens is 2. The van der Waals surface area contributed by atoms with Gasteiger partial charge in [0.05, 0.1) is 6.61 Å². The van der Waals surface area contributed by atoms with E-state index in [1.165, 1.54) is 0 Å². The minimum atomic E-state index is 0.122. The van der Waals surface area contributed by atoms with Crippen molar-refractivity contribution in [1.82, 2.24) is 9.97 Å². The average molecular weight is 229 g/mol. The SMILES string of the molecule is CC(C)C(C)(C)COc1ccnc(Cl)n1. The first-order chi connectivity index (χ1) is 6.92. The topological polar surface area (TPSA) is 35.0 Å². The zero-order valence-electron chi connectivity index (χ0n) is 9.62. The zero-order chi connectivity index (χ0) is 11.5. The lowest BCUT2D eigenvalue weighted by atomic mass is 9.82. The first-order valence-corrected chi connectivity index (χ1v) is 5.41. The van der Waals surface area contributed by atoms with Gasteiger partial charge in [-0.1, -0.05) is 27.7 Å². The first kappa shape index (κ1) is 12.2. The quantitative estimate of drug-likeness (QED) is 0.743. The van der Waals surface area contributed by atoms with Gasteiger partial charge in [0.2, 0.25) is 11.2 Å². The Labute approximate surface area is 95.8 Å². The van der Waals surface area contributed by atoms with Crippen LogP contribution in [0, 0.1) is 11.3 Å². The molecular weight excluding hydrogens is 212 g/mol. The molecule has 0 atom stereocenters. The van der Waals surface area contributed by atoms with Crippen LogP contribution in [0.2, 0.25) is 5.28 Å². The summed E-state index contributed by atoms with van der Waals surface area (Å²) in [6.45, 7) is 9.31. The summed E-state index contributed by atoms with van der Waals surface area (Å²) in [7, 11) is 0. The Morgan fingerprint density at radius 2 is 2.13 bits per heavy atom. The van der Waals surface area contributed by atoms with E-state index in [-0.39, 0.29) is 10.7 Å². The van der Waals surface area contributed by atoms with Gasteiger partial charge in [0, 0.05) is 17.7 Å². The molecule has 0 N–H and O–H groups in total. The molecule has 0 aliphatic rings. The second-order valence-corrected chi connectivity index (χ2v) is 4.93. The van der Waals surface area contributed by atoms with Crippen molar-refractivity contribution in [3.8, 4) is 5.88 Å². The van der Waals surface area contributed by atoms with Crippen molar-refractivity contribution in [2.24, 2.45) is 11.3 Å². The van der Waals surface area contributed by atoms with Gasteiger partial charge in [0.15, 0.2) is 0 Å². The Kier molecular flexibility index (Phi) is 3.91. The Hall–Kier alpha value is -0.830. The first-order valence-electron chi connectivity index (χ1n) is 5.03. The molecule has 0 unspecified atom stereocenters. The zero-order valence-corrected chi connectivity index (χ0v) is 10.4. The van der Waals surface area contributed by atoms with Crippen LogP contribution in [0.5, 0.6) is 5.88 Å². The lowest BCUT2D eigenvalue weighted by molar-refractivity contribution is 0.126. The maximum Gasteiger partial charge on any atom is 0.225 e. The van der Waals surface area contributed by atoms with Crippen LogP contribution in [-0.2, 0) is 0 Å². The van der Waals surface area contributed by atoms with E-state index in [1.807, 2.05) is 0 Å². The van der Waals surface area contributed by atoms with E-state index >= 15 is 0 Å². The fourth-order valence-electron chi connectivity index (χ4n) is 0.827. The molecule has 0 aromatic carbocycles. The van der Waals surface area contributed by atoms with E-state index in [2.05, 4.69) is 37.7 Å². The Morgan fingerprint density at radius 1 is 1.47 bits per heavy atom. The van der Waals surface area contributed by atoms with Crippen molar-refractivity contribution >= 4 is 11.6 Å². The highest BCUT2D eigenvalue weighted by Crippen LogP contribution is 2.26. The molecule has 0 aliphatic heterocycles. The summed E-state index contributed by atoms with van der Waals surface area (Å²) in [5.74, 6) is 1.08. The third kappa shape index (κ3) is 3.67. The van der Waals surface area contributed by atoms with E-state index < -0.39 is 0 Å². The number of hydrogen-bond acceptors (Lipinski definition) is 3. The highest BCUT2D eigenvalue weighted by atomic mass is 35.5. The molecule has 1 rings (SSSR count). The Balaban J connectivity index is 2.57. The molecule has 84 valence electrons. The van der Waals surface area contributed by atoms with Crippen LogP contribution < -0.4 is 4.74 Å². The number of ether oxygens (including phenoxy) is 1. The maximum atomic E-state index is 5.66. The number of rotatable bonds is 4. The van der Waals surface area contributed by atoms with Gasteiger partial charge in [0.25, 0.3) is 0 Å². The van der Waals surface area contributed by atoms with E-state index in [4.69, 9.17) is 16.3 Å². The van der Waals surface area contributed by atoms with Gasteiger partial charge in [-0.3, -0.25) is 0 Å². The number of halogens is 1. The van der Waals surface area contributed by atoms with Gasteiger partial charge in [-0.15, -0.1) is 0 Å². The summed E-state index contributed by atoms with van der Waals surface area (Å²) in [5, 5.41) is 0.217. The summed E-state index contributed by atoms with van der Waals surface area (Å²) < 4.78 is 5.58. The van der Waals surface area contributed by atoms with Gasteiger partial charge in [0.1, 0.15) is 0 Å². The van der Waals surface area contributed by atoms with E-state index in [0.717, 1.165) is 0 Å². The van der Waals surface area contributed by atoms with Crippen molar-refractivity contribution in [3.63, 3.8) is 0 Å². The van der Waals surface area contributed by atoms with Crippen LogP contribution in [0.15, 0.2) is 12.3 Å². The van der Waals surface area contributed by atoms with E-state index in [1.54, 1.807) is 12.3 Å². The summed E-state index contributed by atoms with van der Waals surface area (Å²) >= 11 is 5.66. The molecule has 3 nitrogen and oxygen atoms in total. The summed E-state index contributed by atoms with van der Waals surface area (Å²) in [5.41, 5.74) is 0.122. The highest BCUT2D eigenvalue weighted by molar-refractivity contribution is 6.28. The highest BCUT2D eigenvalue weighted by Gasteiger charge is 2.23. The van der Waals surface area contributed by atoms with Gasteiger partial charge in [-0.25, -0.2) is 4.98 Å². The summed E-state index contributed by atoms with van der Waals surface area (Å²) in [4.78, 5) is 7.76. The molecule has 0 bridgehead atoms. The van der Waals surface area contributed by atoms with Crippen molar-refractivity contribution in [3.05, 3.63) is 17.5 Å². The van der Waals surface area contributed by atoms with Gasteiger partial charge < -0.3 is 4.74 Å². The van der Waals surface area contributed by atoms with E-state index in [0.29, 0.717) is 18.4 Å². The minimum absolute atomic E-state index is 0.122. The molecule has 0 spiro atoms. The predicted molar refractivity (Wildman–Crippen MR) is 61.2 cm³/mol. The third-order valence-electron chi connectivity index (χ3n) is 2.76. The van der Waals surface area contributed by atoms with Crippen LogP contribution in [0.4, 0.5) is 0 Å². The second kappa shape index (κ2) is 4.79.